The minimum absolute atomic E-state index is 0.434. The number of rotatable bonds is 3. The Morgan fingerprint density at radius 3 is 2.71 bits per heavy atom. The van der Waals surface area contributed by atoms with E-state index >= 15 is 0 Å². The molecular formula is C17H23NO3. The number of fused-ring (bicyclic) bond motifs is 1. The minimum Gasteiger partial charge on any atom is -0.478 e. The van der Waals surface area contributed by atoms with Crippen molar-refractivity contribution in [3.05, 3.63) is 34.9 Å². The molecule has 4 heteroatoms. The second kappa shape index (κ2) is 5.78. The summed E-state index contributed by atoms with van der Waals surface area (Å²) in [7, 11) is 0. The third-order valence-electron chi connectivity index (χ3n) is 4.88. The number of aromatic carboxylic acids is 1. The quantitative estimate of drug-likeness (QED) is 0.897. The first-order valence-corrected chi connectivity index (χ1v) is 7.86. The summed E-state index contributed by atoms with van der Waals surface area (Å²) in [5.41, 5.74) is 1.96. The van der Waals surface area contributed by atoms with Crippen LogP contribution in [0.25, 0.3) is 0 Å². The second-order valence-corrected chi connectivity index (χ2v) is 6.49. The summed E-state index contributed by atoms with van der Waals surface area (Å²) < 4.78 is 0. The summed E-state index contributed by atoms with van der Waals surface area (Å²) in [6.07, 6.45) is 6.01. The van der Waals surface area contributed by atoms with E-state index in [0.717, 1.165) is 56.3 Å². The van der Waals surface area contributed by atoms with E-state index in [0.29, 0.717) is 12.1 Å². The van der Waals surface area contributed by atoms with E-state index in [4.69, 9.17) is 0 Å². The first kappa shape index (κ1) is 14.5. The number of nitrogens with zero attached hydrogens (tertiary/aromatic N) is 1. The van der Waals surface area contributed by atoms with Crippen molar-refractivity contribution in [2.75, 3.05) is 13.1 Å². The number of carboxylic acid groups (broad SMARTS) is 1. The maximum Gasteiger partial charge on any atom is 0.335 e. The molecule has 1 aromatic carbocycles. The minimum atomic E-state index is -0.841. The van der Waals surface area contributed by atoms with Crippen molar-refractivity contribution in [2.45, 2.75) is 50.7 Å². The number of hydrogen-bond acceptors (Lipinski definition) is 3. The highest BCUT2D eigenvalue weighted by atomic mass is 16.4. The summed E-state index contributed by atoms with van der Waals surface area (Å²) in [6.45, 7) is 2.29. The van der Waals surface area contributed by atoms with E-state index in [2.05, 4.69) is 4.90 Å². The van der Waals surface area contributed by atoms with Crippen LogP contribution in [0.1, 0.15) is 53.6 Å². The molecule has 1 aliphatic carbocycles. The Balaban J connectivity index is 1.73. The zero-order valence-corrected chi connectivity index (χ0v) is 12.3. The van der Waals surface area contributed by atoms with Crippen LogP contribution in [-0.4, -0.2) is 39.8 Å². The van der Waals surface area contributed by atoms with Crippen LogP contribution in [0, 0.1) is 0 Å². The Kier molecular flexibility index (Phi) is 4.00. The number of aliphatic hydroxyl groups is 1. The van der Waals surface area contributed by atoms with Crippen molar-refractivity contribution in [1.82, 2.24) is 4.90 Å². The summed E-state index contributed by atoms with van der Waals surface area (Å²) in [6, 6.07) is 5.52. The second-order valence-electron chi connectivity index (χ2n) is 6.49. The fourth-order valence-electron chi connectivity index (χ4n) is 3.79. The Morgan fingerprint density at radius 2 is 2.00 bits per heavy atom. The van der Waals surface area contributed by atoms with Crippen LogP contribution in [-0.2, 0) is 13.0 Å². The third kappa shape index (κ3) is 3.11. The first-order valence-electron chi connectivity index (χ1n) is 7.86. The molecule has 2 aliphatic rings. The normalized spacial score (nSPS) is 21.8. The lowest BCUT2D eigenvalue weighted by atomic mass is 9.84. The molecule has 0 bridgehead atoms. The van der Waals surface area contributed by atoms with Gasteiger partial charge in [0.05, 0.1) is 11.2 Å². The van der Waals surface area contributed by atoms with Gasteiger partial charge in [0.2, 0.25) is 0 Å². The SMILES string of the molecule is O=C(O)c1cccc2c1CCN(CC1(O)CCCCC1)C2. The Hall–Kier alpha value is -1.39. The Labute approximate surface area is 125 Å². The lowest BCUT2D eigenvalue weighted by Crippen LogP contribution is -2.46. The highest BCUT2D eigenvalue weighted by Gasteiger charge is 2.32. The molecule has 1 fully saturated rings. The third-order valence-corrected chi connectivity index (χ3v) is 4.88. The summed E-state index contributed by atoms with van der Waals surface area (Å²) in [5, 5.41) is 19.9. The molecule has 1 saturated carbocycles. The van der Waals surface area contributed by atoms with Gasteiger partial charge in [-0.2, -0.15) is 0 Å². The monoisotopic (exact) mass is 289 g/mol. The summed E-state index contributed by atoms with van der Waals surface area (Å²) >= 11 is 0. The first-order chi connectivity index (χ1) is 10.1. The molecule has 0 saturated heterocycles. The van der Waals surface area contributed by atoms with E-state index in [1.165, 1.54) is 6.42 Å². The Bertz CT molecular complexity index is 535. The molecule has 21 heavy (non-hydrogen) atoms. The van der Waals surface area contributed by atoms with Crippen LogP contribution >= 0.6 is 0 Å². The highest BCUT2D eigenvalue weighted by Crippen LogP contribution is 2.31. The maximum atomic E-state index is 11.3. The van der Waals surface area contributed by atoms with Crippen molar-refractivity contribution >= 4 is 5.97 Å². The van der Waals surface area contributed by atoms with Crippen LogP contribution < -0.4 is 0 Å². The van der Waals surface area contributed by atoms with Crippen LogP contribution in [0.5, 0.6) is 0 Å². The van der Waals surface area contributed by atoms with Gasteiger partial charge in [0.25, 0.3) is 0 Å². The van der Waals surface area contributed by atoms with Crippen molar-refractivity contribution in [2.24, 2.45) is 0 Å². The molecule has 0 radical (unpaired) electrons. The van der Waals surface area contributed by atoms with Crippen LogP contribution in [0.3, 0.4) is 0 Å². The number of hydrogen-bond donors (Lipinski definition) is 2. The summed E-state index contributed by atoms with van der Waals surface area (Å²) in [4.78, 5) is 13.5. The van der Waals surface area contributed by atoms with Crippen LogP contribution in [0.4, 0.5) is 0 Å². The average Bonchev–Trinajstić information content (AvgIpc) is 2.46. The molecule has 1 aliphatic heterocycles. The predicted octanol–water partition coefficient (Wildman–Crippen LogP) is 2.44. The van der Waals surface area contributed by atoms with Crippen molar-refractivity contribution in [3.63, 3.8) is 0 Å². The van der Waals surface area contributed by atoms with Gasteiger partial charge in [-0.3, -0.25) is 4.90 Å². The van der Waals surface area contributed by atoms with Crippen LogP contribution in [0.2, 0.25) is 0 Å². The lowest BCUT2D eigenvalue weighted by molar-refractivity contribution is -0.0292. The van der Waals surface area contributed by atoms with Crippen molar-refractivity contribution in [3.8, 4) is 0 Å². The molecule has 114 valence electrons. The fourth-order valence-corrected chi connectivity index (χ4v) is 3.79. The largest absolute Gasteiger partial charge is 0.478 e. The molecular weight excluding hydrogens is 266 g/mol. The standard InChI is InChI=1S/C17H23NO3/c19-16(20)15-6-4-5-13-11-18(10-7-14(13)15)12-17(21)8-2-1-3-9-17/h4-6,21H,1-3,7-12H2,(H,19,20). The van der Waals surface area contributed by atoms with Gasteiger partial charge < -0.3 is 10.2 Å². The zero-order valence-electron chi connectivity index (χ0n) is 12.3. The molecule has 0 amide bonds. The van der Waals surface area contributed by atoms with Gasteiger partial charge in [-0.05, 0) is 36.5 Å². The van der Waals surface area contributed by atoms with Crippen molar-refractivity contribution < 1.29 is 15.0 Å². The molecule has 1 aromatic rings. The van der Waals surface area contributed by atoms with Gasteiger partial charge in [0, 0.05) is 19.6 Å². The molecule has 2 N–H and O–H groups in total. The van der Waals surface area contributed by atoms with E-state index in [1.54, 1.807) is 6.07 Å². The van der Waals surface area contributed by atoms with Gasteiger partial charge in [-0.25, -0.2) is 4.79 Å². The Morgan fingerprint density at radius 1 is 1.24 bits per heavy atom. The molecule has 0 atom stereocenters. The topological polar surface area (TPSA) is 60.8 Å². The molecule has 1 heterocycles. The fraction of sp³-hybridized carbons (Fsp3) is 0.588. The van der Waals surface area contributed by atoms with Gasteiger partial charge in [-0.1, -0.05) is 31.4 Å². The van der Waals surface area contributed by atoms with E-state index < -0.39 is 11.6 Å². The number of carbonyl (C=O) groups is 1. The number of carboxylic acids is 1. The van der Waals surface area contributed by atoms with Gasteiger partial charge in [0.15, 0.2) is 0 Å². The maximum absolute atomic E-state index is 11.3. The van der Waals surface area contributed by atoms with E-state index in [-0.39, 0.29) is 0 Å². The van der Waals surface area contributed by atoms with E-state index in [9.17, 15) is 15.0 Å². The molecule has 0 unspecified atom stereocenters. The molecule has 0 spiro atoms. The average molecular weight is 289 g/mol. The van der Waals surface area contributed by atoms with Crippen molar-refractivity contribution in [1.29, 1.82) is 0 Å². The van der Waals surface area contributed by atoms with E-state index in [1.807, 2.05) is 12.1 Å². The summed E-state index contributed by atoms with van der Waals surface area (Å²) in [5.74, 6) is -0.841. The lowest BCUT2D eigenvalue weighted by Gasteiger charge is -2.39. The molecule has 0 aromatic heterocycles. The smallest absolute Gasteiger partial charge is 0.335 e. The van der Waals surface area contributed by atoms with Gasteiger partial charge in [0.1, 0.15) is 0 Å². The van der Waals surface area contributed by atoms with Gasteiger partial charge >= 0.3 is 5.97 Å². The van der Waals surface area contributed by atoms with Gasteiger partial charge in [-0.15, -0.1) is 0 Å². The molecule has 4 nitrogen and oxygen atoms in total. The number of benzene rings is 1. The van der Waals surface area contributed by atoms with Crippen LogP contribution in [0.15, 0.2) is 18.2 Å². The zero-order chi connectivity index (χ0) is 14.9. The highest BCUT2D eigenvalue weighted by molar-refractivity contribution is 5.89. The predicted molar refractivity (Wildman–Crippen MR) is 80.4 cm³/mol. The number of β-amino-alcohol motifs (C(OH)–C–C–N with tert-alkyl or cyclic N) is 1. The molecule has 3 rings (SSSR count).